The maximum Gasteiger partial charge on any atom is 0.137 e. The summed E-state index contributed by atoms with van der Waals surface area (Å²) < 4.78 is 6.64. The Labute approximate surface area is 406 Å². The number of rotatable bonds is 4. The quantitative estimate of drug-likeness (QED) is 0.175. The van der Waals surface area contributed by atoms with Crippen LogP contribution in [0.4, 0.5) is 11.4 Å². The van der Waals surface area contributed by atoms with Crippen molar-refractivity contribution in [2.24, 2.45) is 5.92 Å². The average molecular weight is 890 g/mol. The van der Waals surface area contributed by atoms with E-state index >= 15 is 0 Å². The van der Waals surface area contributed by atoms with Gasteiger partial charge in [0.1, 0.15) is 11.2 Å². The van der Waals surface area contributed by atoms with Crippen LogP contribution in [0.1, 0.15) is 50.4 Å². The normalized spacial score (nSPS) is 17.4. The molecule has 2 unspecified atom stereocenters. The van der Waals surface area contributed by atoms with Crippen LogP contribution >= 0.6 is 0 Å². The van der Waals surface area contributed by atoms with Gasteiger partial charge in [-0.2, -0.15) is 0 Å². The molecule has 2 spiro atoms. The molecule has 16 rings (SSSR count). The van der Waals surface area contributed by atoms with E-state index in [1.165, 1.54) is 94.7 Å². The molecule has 11 aromatic rings. The molecule has 0 amide bonds. The molecular formula is C68H43NO. The second-order valence-corrected chi connectivity index (χ2v) is 19.7. The lowest BCUT2D eigenvalue weighted by Crippen LogP contribution is -2.35. The number of fused-ring (bicyclic) bond motifs is 23. The van der Waals surface area contributed by atoms with Gasteiger partial charge in [0.15, 0.2) is 0 Å². The van der Waals surface area contributed by atoms with Crippen molar-refractivity contribution in [2.45, 2.75) is 16.7 Å². The van der Waals surface area contributed by atoms with Gasteiger partial charge in [0, 0.05) is 45.7 Å². The molecule has 0 radical (unpaired) electrons. The van der Waals surface area contributed by atoms with Crippen LogP contribution in [0.5, 0.6) is 0 Å². The minimum absolute atomic E-state index is 0.0636. The zero-order chi connectivity index (χ0) is 45.7. The first-order chi connectivity index (χ1) is 34.7. The summed E-state index contributed by atoms with van der Waals surface area (Å²) in [6.07, 6.45) is 7.20. The number of para-hydroxylation sites is 1. The highest BCUT2D eigenvalue weighted by Crippen LogP contribution is 2.68. The third-order valence-electron chi connectivity index (χ3n) is 16.8. The number of allylic oxidation sites excluding steroid dienone is 4. The van der Waals surface area contributed by atoms with Gasteiger partial charge in [-0.15, -0.1) is 0 Å². The predicted octanol–water partition coefficient (Wildman–Crippen LogP) is 16.9. The second-order valence-electron chi connectivity index (χ2n) is 19.7. The first-order valence-corrected chi connectivity index (χ1v) is 24.7. The Bertz CT molecular complexity index is 4020. The van der Waals surface area contributed by atoms with Crippen LogP contribution in [0.15, 0.2) is 259 Å². The van der Waals surface area contributed by atoms with Crippen LogP contribution in [0.25, 0.3) is 66.4 Å². The van der Waals surface area contributed by atoms with Gasteiger partial charge in [-0.3, -0.25) is 0 Å². The summed E-state index contributed by atoms with van der Waals surface area (Å²) in [7, 11) is 0. The average Bonchev–Trinajstić information content (AvgIpc) is 4.20. The van der Waals surface area contributed by atoms with Crippen molar-refractivity contribution in [3.63, 3.8) is 0 Å². The van der Waals surface area contributed by atoms with Crippen LogP contribution in [-0.2, 0) is 10.8 Å². The van der Waals surface area contributed by atoms with Crippen LogP contribution in [0, 0.1) is 5.92 Å². The molecule has 2 heteroatoms. The molecule has 0 saturated heterocycles. The maximum atomic E-state index is 6.64. The van der Waals surface area contributed by atoms with Crippen molar-refractivity contribution >= 4 is 33.3 Å². The summed E-state index contributed by atoms with van der Waals surface area (Å²) in [4.78, 5) is 2.52. The molecule has 5 aliphatic carbocycles. The lowest BCUT2D eigenvalue weighted by atomic mass is 9.65. The molecule has 2 atom stereocenters. The van der Waals surface area contributed by atoms with E-state index in [-0.39, 0.29) is 17.3 Å². The molecule has 70 heavy (non-hydrogen) atoms. The second kappa shape index (κ2) is 13.9. The molecule has 5 aliphatic rings. The molecule has 10 aromatic carbocycles. The van der Waals surface area contributed by atoms with Gasteiger partial charge in [-0.25, -0.2) is 0 Å². The monoisotopic (exact) mass is 889 g/mol. The third-order valence-corrected chi connectivity index (χ3v) is 16.8. The molecule has 1 aromatic heterocycles. The first-order valence-electron chi connectivity index (χ1n) is 24.7. The zero-order valence-corrected chi connectivity index (χ0v) is 38.2. The summed E-state index contributed by atoms with van der Waals surface area (Å²) in [5.41, 5.74) is 25.8. The molecule has 2 nitrogen and oxygen atoms in total. The maximum absolute atomic E-state index is 6.64. The van der Waals surface area contributed by atoms with E-state index < -0.39 is 5.41 Å². The van der Waals surface area contributed by atoms with Gasteiger partial charge in [-0.1, -0.05) is 206 Å². The molecular weight excluding hydrogens is 847 g/mol. The van der Waals surface area contributed by atoms with E-state index in [4.69, 9.17) is 4.42 Å². The topological polar surface area (TPSA) is 16.4 Å². The Kier molecular flexibility index (Phi) is 7.62. The highest BCUT2D eigenvalue weighted by Gasteiger charge is 2.59. The Morgan fingerprint density at radius 3 is 1.60 bits per heavy atom. The van der Waals surface area contributed by atoms with Crippen LogP contribution in [0.3, 0.4) is 0 Å². The fourth-order valence-corrected chi connectivity index (χ4v) is 14.3. The molecule has 0 fully saturated rings. The summed E-state index contributed by atoms with van der Waals surface area (Å²) in [5.74, 6) is 0.199. The highest BCUT2D eigenvalue weighted by atomic mass is 16.3. The minimum Gasteiger partial charge on any atom is -0.456 e. The van der Waals surface area contributed by atoms with Crippen LogP contribution < -0.4 is 4.90 Å². The Hall–Kier alpha value is -8.72. The number of anilines is 2. The van der Waals surface area contributed by atoms with E-state index in [0.29, 0.717) is 0 Å². The molecule has 0 aliphatic heterocycles. The fourth-order valence-electron chi connectivity index (χ4n) is 14.3. The van der Waals surface area contributed by atoms with Crippen molar-refractivity contribution in [1.82, 2.24) is 0 Å². The zero-order valence-electron chi connectivity index (χ0n) is 38.2. The Balaban J connectivity index is 0.885. The number of nitrogens with zero attached hydrogens (tertiary/aromatic N) is 1. The van der Waals surface area contributed by atoms with Gasteiger partial charge in [0.2, 0.25) is 0 Å². The van der Waals surface area contributed by atoms with Crippen molar-refractivity contribution < 1.29 is 4.42 Å². The molecule has 0 N–H and O–H groups in total. The number of hydrogen-bond acceptors (Lipinski definition) is 2. The lowest BCUT2D eigenvalue weighted by Gasteiger charge is -2.40. The standard InChI is InChI=1S/C68H43NO/c1-8-25-54-46(17-1)47-18-2-9-26-55(47)67(54)58-29-12-5-22-52(58)65-45(24-15-31-60(65)67)42-35-37-43(38-36-42)69(44-39-40-51-50-21-7-14-34-63(50)70-64(51)41-44)62-33-16-32-61-66(62)53-23-6-13-30-59(53)68(61)56-27-10-3-19-48(56)49-20-4-11-28-57(49)68/h1-41,61,66H. The minimum atomic E-state index is -0.395. The van der Waals surface area contributed by atoms with Gasteiger partial charge >= 0.3 is 0 Å². The van der Waals surface area contributed by atoms with Crippen molar-refractivity contribution in [1.29, 1.82) is 0 Å². The van der Waals surface area contributed by atoms with E-state index in [2.05, 4.69) is 254 Å². The number of hydrogen-bond donors (Lipinski definition) is 0. The third kappa shape index (κ3) is 4.69. The summed E-state index contributed by atoms with van der Waals surface area (Å²) in [6, 6.07) is 86.4. The van der Waals surface area contributed by atoms with Gasteiger partial charge < -0.3 is 9.32 Å². The lowest BCUT2D eigenvalue weighted by molar-refractivity contribution is 0.451. The SMILES string of the molecule is C1=CC2C(C(N(c3ccc(-c4cccc5c4-c4ccccc4C54c5ccccc5-c5ccccc54)cc3)c3ccc4c(c3)oc3ccccc34)=C1)c1ccccc1C21c2ccccc2-c2ccccc21. The number of furan rings is 1. The van der Waals surface area contributed by atoms with E-state index in [9.17, 15) is 0 Å². The molecule has 1 heterocycles. The van der Waals surface area contributed by atoms with E-state index in [1.54, 1.807) is 0 Å². The summed E-state index contributed by atoms with van der Waals surface area (Å²) in [6.45, 7) is 0. The number of benzene rings is 10. The van der Waals surface area contributed by atoms with Crippen molar-refractivity contribution in [2.75, 3.05) is 4.90 Å². The largest absolute Gasteiger partial charge is 0.456 e. The summed E-state index contributed by atoms with van der Waals surface area (Å²) >= 11 is 0. The van der Waals surface area contributed by atoms with E-state index in [0.717, 1.165) is 33.3 Å². The van der Waals surface area contributed by atoms with Crippen LogP contribution in [-0.4, -0.2) is 0 Å². The summed E-state index contributed by atoms with van der Waals surface area (Å²) in [5, 5.41) is 2.26. The van der Waals surface area contributed by atoms with Gasteiger partial charge in [-0.05, 0) is 125 Å². The fraction of sp³-hybridized carbons (Fsp3) is 0.0588. The Morgan fingerprint density at radius 2 is 0.900 bits per heavy atom. The first kappa shape index (κ1) is 38.3. The van der Waals surface area contributed by atoms with E-state index in [1.807, 2.05) is 0 Å². The molecule has 0 bridgehead atoms. The highest BCUT2D eigenvalue weighted by molar-refractivity contribution is 6.06. The van der Waals surface area contributed by atoms with Gasteiger partial charge in [0.05, 0.1) is 10.8 Å². The van der Waals surface area contributed by atoms with Crippen molar-refractivity contribution in [3.05, 3.63) is 299 Å². The van der Waals surface area contributed by atoms with Crippen molar-refractivity contribution in [3.8, 4) is 44.5 Å². The van der Waals surface area contributed by atoms with Crippen LogP contribution in [0.2, 0.25) is 0 Å². The molecule has 326 valence electrons. The van der Waals surface area contributed by atoms with Gasteiger partial charge in [0.25, 0.3) is 0 Å². The smallest absolute Gasteiger partial charge is 0.137 e. The predicted molar refractivity (Wildman–Crippen MR) is 286 cm³/mol. The molecule has 0 saturated carbocycles. The Morgan fingerprint density at radius 1 is 0.386 bits per heavy atom.